The zero-order valence-corrected chi connectivity index (χ0v) is 6.61. The quantitative estimate of drug-likeness (QED) is 0.646. The summed E-state index contributed by atoms with van der Waals surface area (Å²) < 4.78 is 0. The van der Waals surface area contributed by atoms with Crippen molar-refractivity contribution < 1.29 is 4.79 Å². The number of fused-ring (bicyclic) bond motifs is 3. The number of hydrogen-bond donors (Lipinski definition) is 1. The van der Waals surface area contributed by atoms with Crippen molar-refractivity contribution >= 4 is 23.0 Å². The van der Waals surface area contributed by atoms with E-state index in [1.54, 1.807) is 12.4 Å². The Bertz CT molecular complexity index is 539. The molecule has 0 saturated carbocycles. The molecule has 4 nitrogen and oxygen atoms in total. The first-order valence-corrected chi connectivity index (χ1v) is 3.91. The van der Waals surface area contributed by atoms with Crippen LogP contribution in [0.15, 0.2) is 23.3 Å². The Labute approximate surface area is 73.3 Å². The highest BCUT2D eigenvalue weighted by atomic mass is 16.1. The standard InChI is InChI=1S/C9H5N3O/c13-9-8-5(3-10-9)1-2-7-6(8)4-11-12-7/h1-4H,(H,11,12). The van der Waals surface area contributed by atoms with Gasteiger partial charge in [-0.2, -0.15) is 5.10 Å². The Morgan fingerprint density at radius 2 is 2.23 bits per heavy atom. The third kappa shape index (κ3) is 0.717. The second-order valence-electron chi connectivity index (χ2n) is 2.92. The normalized spacial score (nSPS) is 14.0. The minimum Gasteiger partial charge on any atom is -0.278 e. The number of H-pyrrole nitrogens is 1. The van der Waals surface area contributed by atoms with E-state index < -0.39 is 0 Å². The third-order valence-electron chi connectivity index (χ3n) is 2.19. The van der Waals surface area contributed by atoms with Crippen LogP contribution in [-0.4, -0.2) is 22.3 Å². The molecule has 0 aliphatic carbocycles. The molecule has 3 rings (SSSR count). The maximum atomic E-state index is 11.3. The van der Waals surface area contributed by atoms with Crippen molar-refractivity contribution in [3.8, 4) is 0 Å². The van der Waals surface area contributed by atoms with E-state index in [0.29, 0.717) is 5.56 Å². The first-order valence-electron chi connectivity index (χ1n) is 3.91. The topological polar surface area (TPSA) is 58.1 Å². The maximum absolute atomic E-state index is 11.3. The molecule has 0 atom stereocenters. The Hall–Kier alpha value is -1.97. The number of carbonyl (C=O) groups excluding carboxylic acids is 1. The molecular weight excluding hydrogens is 166 g/mol. The van der Waals surface area contributed by atoms with Crippen LogP contribution in [0.1, 0.15) is 15.9 Å². The molecule has 1 amide bonds. The van der Waals surface area contributed by atoms with E-state index in [9.17, 15) is 4.79 Å². The van der Waals surface area contributed by atoms with Gasteiger partial charge in [0.05, 0.1) is 17.3 Å². The largest absolute Gasteiger partial charge is 0.278 e. The van der Waals surface area contributed by atoms with Crippen LogP contribution in [0.5, 0.6) is 0 Å². The average Bonchev–Trinajstić information content (AvgIpc) is 2.70. The van der Waals surface area contributed by atoms with Crippen LogP contribution < -0.4 is 0 Å². The summed E-state index contributed by atoms with van der Waals surface area (Å²) in [6.45, 7) is 0. The average molecular weight is 171 g/mol. The van der Waals surface area contributed by atoms with E-state index in [2.05, 4.69) is 15.2 Å². The van der Waals surface area contributed by atoms with Crippen molar-refractivity contribution in [1.82, 2.24) is 10.2 Å². The zero-order chi connectivity index (χ0) is 8.84. The van der Waals surface area contributed by atoms with Crippen molar-refractivity contribution in [2.24, 2.45) is 4.99 Å². The van der Waals surface area contributed by atoms with Crippen LogP contribution >= 0.6 is 0 Å². The number of aromatic nitrogens is 2. The van der Waals surface area contributed by atoms with Gasteiger partial charge in [0.15, 0.2) is 0 Å². The van der Waals surface area contributed by atoms with Crippen LogP contribution in [-0.2, 0) is 0 Å². The molecule has 1 aromatic heterocycles. The minimum atomic E-state index is -0.179. The lowest BCUT2D eigenvalue weighted by atomic mass is 10.1. The first-order chi connectivity index (χ1) is 6.36. The van der Waals surface area contributed by atoms with Gasteiger partial charge in [0, 0.05) is 17.2 Å². The Balaban J connectivity index is 2.53. The predicted molar refractivity (Wildman–Crippen MR) is 48.0 cm³/mol. The highest BCUT2D eigenvalue weighted by Gasteiger charge is 2.18. The fourth-order valence-corrected chi connectivity index (χ4v) is 1.57. The van der Waals surface area contributed by atoms with Gasteiger partial charge < -0.3 is 0 Å². The summed E-state index contributed by atoms with van der Waals surface area (Å²) in [6.07, 6.45) is 3.24. The molecule has 0 spiro atoms. The van der Waals surface area contributed by atoms with Gasteiger partial charge in [-0.15, -0.1) is 0 Å². The Kier molecular flexibility index (Phi) is 1.02. The molecule has 4 heteroatoms. The number of aliphatic imine (C=N–C) groups is 1. The molecular formula is C9H5N3O. The summed E-state index contributed by atoms with van der Waals surface area (Å²) in [6, 6.07) is 3.76. The molecule has 2 aromatic rings. The van der Waals surface area contributed by atoms with Gasteiger partial charge in [0.2, 0.25) is 0 Å². The summed E-state index contributed by atoms with van der Waals surface area (Å²) >= 11 is 0. The molecule has 62 valence electrons. The highest BCUT2D eigenvalue weighted by molar-refractivity contribution is 6.19. The minimum absolute atomic E-state index is 0.179. The van der Waals surface area contributed by atoms with Crippen LogP contribution in [0, 0.1) is 0 Å². The predicted octanol–water partition coefficient (Wildman–Crippen LogP) is 1.14. The first kappa shape index (κ1) is 6.54. The smallest absolute Gasteiger partial charge is 0.278 e. The van der Waals surface area contributed by atoms with Gasteiger partial charge in [-0.1, -0.05) is 6.07 Å². The molecule has 0 saturated heterocycles. The number of aromatic amines is 1. The lowest BCUT2D eigenvalue weighted by Gasteiger charge is -1.95. The SMILES string of the molecule is O=C1N=Cc2ccc3[nH]ncc3c21. The molecule has 1 aromatic carbocycles. The summed E-state index contributed by atoms with van der Waals surface area (Å²) in [7, 11) is 0. The molecule has 2 heterocycles. The molecule has 0 bridgehead atoms. The number of hydrogen-bond acceptors (Lipinski definition) is 2. The summed E-state index contributed by atoms with van der Waals surface area (Å²) in [5, 5.41) is 7.54. The van der Waals surface area contributed by atoms with Crippen molar-refractivity contribution in [2.45, 2.75) is 0 Å². The van der Waals surface area contributed by atoms with Gasteiger partial charge in [-0.25, -0.2) is 4.99 Å². The van der Waals surface area contributed by atoms with Crippen LogP contribution in [0.4, 0.5) is 0 Å². The van der Waals surface area contributed by atoms with Gasteiger partial charge in [0.1, 0.15) is 0 Å². The van der Waals surface area contributed by atoms with Crippen molar-refractivity contribution in [3.63, 3.8) is 0 Å². The number of carbonyl (C=O) groups is 1. The molecule has 13 heavy (non-hydrogen) atoms. The van der Waals surface area contributed by atoms with E-state index >= 15 is 0 Å². The lowest BCUT2D eigenvalue weighted by Crippen LogP contribution is -1.92. The number of nitrogens with zero attached hydrogens (tertiary/aromatic N) is 2. The second kappa shape index (κ2) is 2.04. The van der Waals surface area contributed by atoms with Gasteiger partial charge in [-0.3, -0.25) is 9.89 Å². The van der Waals surface area contributed by atoms with Crippen molar-refractivity contribution in [2.75, 3.05) is 0 Å². The van der Waals surface area contributed by atoms with Crippen LogP contribution in [0.25, 0.3) is 10.9 Å². The molecule has 0 unspecified atom stereocenters. The fourth-order valence-electron chi connectivity index (χ4n) is 1.57. The summed E-state index contributed by atoms with van der Waals surface area (Å²) in [4.78, 5) is 15.1. The second-order valence-corrected chi connectivity index (χ2v) is 2.92. The van der Waals surface area contributed by atoms with Crippen molar-refractivity contribution in [3.05, 3.63) is 29.5 Å². The maximum Gasteiger partial charge on any atom is 0.278 e. The van der Waals surface area contributed by atoms with Gasteiger partial charge >= 0.3 is 0 Å². The monoisotopic (exact) mass is 171 g/mol. The lowest BCUT2D eigenvalue weighted by molar-refractivity contribution is 0.101. The van der Waals surface area contributed by atoms with Gasteiger partial charge in [-0.05, 0) is 6.07 Å². The van der Waals surface area contributed by atoms with Gasteiger partial charge in [0.25, 0.3) is 5.91 Å². The number of amides is 1. The fraction of sp³-hybridized carbons (Fsp3) is 0. The molecule has 0 fully saturated rings. The molecule has 1 N–H and O–H groups in total. The Morgan fingerprint density at radius 3 is 3.15 bits per heavy atom. The van der Waals surface area contributed by atoms with E-state index in [-0.39, 0.29) is 5.91 Å². The molecule has 1 aliphatic rings. The molecule has 0 radical (unpaired) electrons. The number of nitrogens with one attached hydrogen (secondary N) is 1. The Morgan fingerprint density at radius 1 is 1.31 bits per heavy atom. The van der Waals surface area contributed by atoms with E-state index in [1.807, 2.05) is 12.1 Å². The highest BCUT2D eigenvalue weighted by Crippen LogP contribution is 2.23. The zero-order valence-electron chi connectivity index (χ0n) is 6.61. The molecule has 1 aliphatic heterocycles. The van der Waals surface area contributed by atoms with E-state index in [0.717, 1.165) is 16.5 Å². The van der Waals surface area contributed by atoms with Crippen LogP contribution in [0.2, 0.25) is 0 Å². The third-order valence-corrected chi connectivity index (χ3v) is 2.19. The number of benzene rings is 1. The van der Waals surface area contributed by atoms with E-state index in [4.69, 9.17) is 0 Å². The summed E-state index contributed by atoms with van der Waals surface area (Å²) in [5.74, 6) is -0.179. The van der Waals surface area contributed by atoms with Crippen LogP contribution in [0.3, 0.4) is 0 Å². The number of rotatable bonds is 0. The van der Waals surface area contributed by atoms with Crippen molar-refractivity contribution in [1.29, 1.82) is 0 Å². The summed E-state index contributed by atoms with van der Waals surface area (Å²) in [5.41, 5.74) is 2.41. The van der Waals surface area contributed by atoms with E-state index in [1.165, 1.54) is 0 Å².